The molecule has 0 spiro atoms. The van der Waals surface area contributed by atoms with Crippen LogP contribution in [0.4, 0.5) is 0 Å². The number of hydrogen-bond acceptors (Lipinski definition) is 3. The summed E-state index contributed by atoms with van der Waals surface area (Å²) in [5, 5.41) is 10.8. The van der Waals surface area contributed by atoms with E-state index in [0.717, 1.165) is 51.0 Å². The van der Waals surface area contributed by atoms with Gasteiger partial charge in [0.1, 0.15) is 11.9 Å². The van der Waals surface area contributed by atoms with E-state index in [1.807, 2.05) is 86.2 Å². The quantitative estimate of drug-likeness (QED) is 0.266. The molecular weight excluding hydrogens is 472 g/mol. The molecule has 1 N–H and O–H groups in total. The highest BCUT2D eigenvalue weighted by Gasteiger charge is 2.45. The molecule has 6 rings (SSSR count). The van der Waals surface area contributed by atoms with Gasteiger partial charge < -0.3 is 14.2 Å². The van der Waals surface area contributed by atoms with Crippen LogP contribution in [-0.4, -0.2) is 30.2 Å². The van der Waals surface area contributed by atoms with Crippen molar-refractivity contribution in [1.82, 2.24) is 19.1 Å². The summed E-state index contributed by atoms with van der Waals surface area (Å²) < 4.78 is 4.26. The molecule has 0 bridgehead atoms. The van der Waals surface area contributed by atoms with Gasteiger partial charge in [-0.1, -0.05) is 80.1 Å². The SMILES string of the molecule is CCCC1(C(=O)O)CC=CC(C(c2nc3ccccc3n2C)n2cnc3ccccc32)=C1c1ccccc1. The zero-order valence-electron chi connectivity index (χ0n) is 21.6. The van der Waals surface area contributed by atoms with Crippen molar-refractivity contribution in [3.05, 3.63) is 114 Å². The molecule has 190 valence electrons. The van der Waals surface area contributed by atoms with Gasteiger partial charge >= 0.3 is 5.97 Å². The van der Waals surface area contributed by atoms with Crippen molar-refractivity contribution in [2.75, 3.05) is 0 Å². The maximum absolute atomic E-state index is 13.2. The molecule has 1 aliphatic carbocycles. The molecule has 6 heteroatoms. The lowest BCUT2D eigenvalue weighted by Gasteiger charge is -2.38. The molecule has 2 aromatic heterocycles. The average molecular weight is 503 g/mol. The maximum Gasteiger partial charge on any atom is 0.314 e. The van der Waals surface area contributed by atoms with Crippen molar-refractivity contribution in [3.8, 4) is 0 Å². The lowest BCUT2D eigenvalue weighted by molar-refractivity contribution is -0.145. The number of carboxylic acids is 1. The van der Waals surface area contributed by atoms with Gasteiger partial charge in [0, 0.05) is 7.05 Å². The van der Waals surface area contributed by atoms with E-state index >= 15 is 0 Å². The van der Waals surface area contributed by atoms with Crippen LogP contribution in [0.3, 0.4) is 0 Å². The van der Waals surface area contributed by atoms with Gasteiger partial charge in [-0.2, -0.15) is 0 Å². The van der Waals surface area contributed by atoms with E-state index in [4.69, 9.17) is 9.97 Å². The van der Waals surface area contributed by atoms with Crippen molar-refractivity contribution in [2.24, 2.45) is 12.5 Å². The first kappa shape index (κ1) is 23.9. The third-order valence-corrected chi connectivity index (χ3v) is 7.80. The average Bonchev–Trinajstić information content (AvgIpc) is 3.51. The first-order valence-corrected chi connectivity index (χ1v) is 13.1. The summed E-state index contributed by atoms with van der Waals surface area (Å²) in [6.45, 7) is 2.05. The molecule has 0 fully saturated rings. The van der Waals surface area contributed by atoms with E-state index in [9.17, 15) is 9.90 Å². The van der Waals surface area contributed by atoms with Crippen LogP contribution in [0.25, 0.3) is 27.6 Å². The van der Waals surface area contributed by atoms with E-state index < -0.39 is 11.4 Å². The van der Waals surface area contributed by atoms with Crippen molar-refractivity contribution in [3.63, 3.8) is 0 Å². The highest BCUT2D eigenvalue weighted by Crippen LogP contribution is 2.51. The third-order valence-electron chi connectivity index (χ3n) is 7.80. The molecule has 2 atom stereocenters. The first-order valence-electron chi connectivity index (χ1n) is 13.1. The number of hydrogen-bond donors (Lipinski definition) is 1. The summed E-state index contributed by atoms with van der Waals surface area (Å²) in [6, 6.07) is 25.7. The topological polar surface area (TPSA) is 72.9 Å². The van der Waals surface area contributed by atoms with Crippen LogP contribution in [0.2, 0.25) is 0 Å². The monoisotopic (exact) mass is 502 g/mol. The smallest absolute Gasteiger partial charge is 0.314 e. The second kappa shape index (κ2) is 9.45. The van der Waals surface area contributed by atoms with E-state index in [2.05, 4.69) is 34.3 Å². The van der Waals surface area contributed by atoms with Gasteiger partial charge in [-0.25, -0.2) is 9.97 Å². The third kappa shape index (κ3) is 3.67. The molecule has 38 heavy (non-hydrogen) atoms. The second-order valence-corrected chi connectivity index (χ2v) is 10.0. The van der Waals surface area contributed by atoms with Gasteiger partial charge in [0.25, 0.3) is 0 Å². The highest BCUT2D eigenvalue weighted by molar-refractivity contribution is 5.95. The van der Waals surface area contributed by atoms with Crippen LogP contribution in [0.1, 0.15) is 43.6 Å². The molecular formula is C32H30N4O2. The number of nitrogens with zero attached hydrogens (tertiary/aromatic N) is 4. The van der Waals surface area contributed by atoms with E-state index in [1.165, 1.54) is 0 Å². The van der Waals surface area contributed by atoms with Crippen molar-refractivity contribution in [2.45, 2.75) is 32.2 Å². The van der Waals surface area contributed by atoms with E-state index in [-0.39, 0.29) is 6.04 Å². The second-order valence-electron chi connectivity index (χ2n) is 10.0. The number of carboxylic acid groups (broad SMARTS) is 1. The molecule has 0 radical (unpaired) electrons. The molecule has 2 heterocycles. The largest absolute Gasteiger partial charge is 0.481 e. The molecule has 2 unspecified atom stereocenters. The Morgan fingerprint density at radius 3 is 2.37 bits per heavy atom. The number of aliphatic carboxylic acids is 1. The number of aromatic nitrogens is 4. The van der Waals surface area contributed by atoms with Crippen molar-refractivity contribution in [1.29, 1.82) is 0 Å². The van der Waals surface area contributed by atoms with Gasteiger partial charge in [0.15, 0.2) is 0 Å². The molecule has 1 aliphatic rings. The standard InChI is InChI=1S/C32H30N4O2/c1-3-19-32(31(37)38)20-11-14-23(28(32)22-12-5-4-6-13-22)29(36-21-33-24-15-7-10-18-27(24)36)30-34-25-16-8-9-17-26(25)35(30)2/h4-18,21,29H,3,19-20H2,1-2H3,(H,37,38). The molecule has 5 aromatic rings. The minimum Gasteiger partial charge on any atom is -0.481 e. The number of allylic oxidation sites excluding steroid dienone is 3. The fraction of sp³-hybridized carbons (Fsp3) is 0.219. The number of benzene rings is 3. The predicted molar refractivity (Wildman–Crippen MR) is 151 cm³/mol. The van der Waals surface area contributed by atoms with Gasteiger partial charge in [-0.3, -0.25) is 4.79 Å². The molecule has 0 amide bonds. The summed E-state index contributed by atoms with van der Waals surface area (Å²) in [7, 11) is 2.03. The summed E-state index contributed by atoms with van der Waals surface area (Å²) in [6.07, 6.45) is 7.74. The number of para-hydroxylation sites is 4. The molecule has 0 aliphatic heterocycles. The Balaban J connectivity index is 1.74. The fourth-order valence-corrected chi connectivity index (χ4v) is 6.09. The van der Waals surface area contributed by atoms with Crippen LogP contribution in [0.5, 0.6) is 0 Å². The molecule has 0 saturated heterocycles. The Labute approximate surface area is 221 Å². The zero-order valence-corrected chi connectivity index (χ0v) is 21.6. The van der Waals surface area contributed by atoms with E-state index in [1.54, 1.807) is 0 Å². The maximum atomic E-state index is 13.2. The Hall–Kier alpha value is -4.45. The minimum atomic E-state index is -1.04. The van der Waals surface area contributed by atoms with Crippen LogP contribution in [-0.2, 0) is 11.8 Å². The number of imidazole rings is 2. The van der Waals surface area contributed by atoms with Crippen LogP contribution in [0, 0.1) is 5.41 Å². The number of rotatable bonds is 7. The lowest BCUT2D eigenvalue weighted by Crippen LogP contribution is -2.35. The van der Waals surface area contributed by atoms with E-state index in [0.29, 0.717) is 12.8 Å². The van der Waals surface area contributed by atoms with Gasteiger partial charge in [0.05, 0.1) is 33.8 Å². The van der Waals surface area contributed by atoms with Gasteiger partial charge in [-0.15, -0.1) is 0 Å². The Bertz CT molecular complexity index is 1710. The molecule has 0 saturated carbocycles. The predicted octanol–water partition coefficient (Wildman–Crippen LogP) is 6.80. The first-order chi connectivity index (χ1) is 18.5. The van der Waals surface area contributed by atoms with Crippen LogP contribution >= 0.6 is 0 Å². The zero-order chi connectivity index (χ0) is 26.3. The summed E-state index contributed by atoms with van der Waals surface area (Å²) in [5.74, 6) is 0.0411. The number of carbonyl (C=O) groups is 1. The molecule has 3 aromatic carbocycles. The lowest BCUT2D eigenvalue weighted by atomic mass is 9.66. The summed E-state index contributed by atoms with van der Waals surface area (Å²) in [5.41, 5.74) is 5.45. The highest BCUT2D eigenvalue weighted by atomic mass is 16.4. The molecule has 6 nitrogen and oxygen atoms in total. The van der Waals surface area contributed by atoms with Gasteiger partial charge in [-0.05, 0) is 53.8 Å². The van der Waals surface area contributed by atoms with Gasteiger partial charge in [0.2, 0.25) is 0 Å². The number of fused-ring (bicyclic) bond motifs is 2. The van der Waals surface area contributed by atoms with Crippen molar-refractivity contribution < 1.29 is 9.90 Å². The summed E-state index contributed by atoms with van der Waals surface area (Å²) in [4.78, 5) is 23.0. The fourth-order valence-electron chi connectivity index (χ4n) is 6.09. The minimum absolute atomic E-state index is 0.387. The van der Waals surface area contributed by atoms with Crippen LogP contribution < -0.4 is 0 Å². The van der Waals surface area contributed by atoms with Crippen molar-refractivity contribution >= 4 is 33.6 Å². The normalized spacial score (nSPS) is 18.4. The number of aryl methyl sites for hydroxylation is 1. The summed E-state index contributed by atoms with van der Waals surface area (Å²) >= 11 is 0. The Kier molecular flexibility index (Phi) is 5.95. The van der Waals surface area contributed by atoms with Crippen LogP contribution in [0.15, 0.2) is 103 Å². The Morgan fingerprint density at radius 1 is 0.974 bits per heavy atom. The Morgan fingerprint density at radius 2 is 1.66 bits per heavy atom.